The van der Waals surface area contributed by atoms with Crippen molar-refractivity contribution in [3.8, 4) is 6.07 Å². The minimum Gasteiger partial charge on any atom is -0.311 e. The van der Waals surface area contributed by atoms with Crippen molar-refractivity contribution < 1.29 is 0 Å². The molecule has 0 saturated carbocycles. The topological polar surface area (TPSA) is 45.8 Å². The Labute approximate surface area is 141 Å². The molecule has 0 unspecified atom stereocenters. The summed E-state index contributed by atoms with van der Waals surface area (Å²) in [5, 5.41) is 10.7. The van der Waals surface area contributed by atoms with E-state index in [0.29, 0.717) is 12.1 Å². The first-order chi connectivity index (χ1) is 11.4. The van der Waals surface area contributed by atoms with E-state index in [9.17, 15) is 4.79 Å². The fourth-order valence-electron chi connectivity index (χ4n) is 2.81. The van der Waals surface area contributed by atoms with Crippen LogP contribution in [0.15, 0.2) is 59.5 Å². The molecule has 0 aliphatic rings. The van der Waals surface area contributed by atoms with Gasteiger partial charge < -0.3 is 4.57 Å². The smallest absolute Gasteiger partial charge is 0.258 e. The lowest BCUT2D eigenvalue weighted by Gasteiger charge is -2.19. The second-order valence-electron chi connectivity index (χ2n) is 7.11. The maximum absolute atomic E-state index is 12.9. The minimum absolute atomic E-state index is 0.000890. The van der Waals surface area contributed by atoms with E-state index < -0.39 is 0 Å². The van der Waals surface area contributed by atoms with Crippen molar-refractivity contribution in [3.63, 3.8) is 0 Å². The summed E-state index contributed by atoms with van der Waals surface area (Å²) in [6.07, 6.45) is 1.82. The SMILES string of the molecule is CC(C)(C)c1ccc2ccn(Cc3cccc(C#N)c3)c(=O)c2c1. The fraction of sp³-hybridized carbons (Fsp3) is 0.238. The van der Waals surface area contributed by atoms with Crippen LogP contribution >= 0.6 is 0 Å². The van der Waals surface area contributed by atoms with Gasteiger partial charge >= 0.3 is 0 Å². The van der Waals surface area contributed by atoms with Gasteiger partial charge in [-0.1, -0.05) is 45.0 Å². The van der Waals surface area contributed by atoms with E-state index in [2.05, 4.69) is 32.9 Å². The van der Waals surface area contributed by atoms with Crippen LogP contribution in [0.4, 0.5) is 0 Å². The third-order valence-electron chi connectivity index (χ3n) is 4.25. The van der Waals surface area contributed by atoms with Crippen LogP contribution in [-0.2, 0) is 12.0 Å². The zero-order valence-electron chi connectivity index (χ0n) is 14.2. The molecule has 1 heterocycles. The molecule has 0 N–H and O–H groups in total. The van der Waals surface area contributed by atoms with E-state index in [4.69, 9.17) is 5.26 Å². The van der Waals surface area contributed by atoms with Crippen molar-refractivity contribution in [1.29, 1.82) is 5.26 Å². The molecule has 0 saturated heterocycles. The zero-order valence-corrected chi connectivity index (χ0v) is 14.2. The lowest BCUT2D eigenvalue weighted by molar-refractivity contribution is 0.591. The van der Waals surface area contributed by atoms with Gasteiger partial charge in [-0.2, -0.15) is 5.26 Å². The van der Waals surface area contributed by atoms with Crippen molar-refractivity contribution in [2.24, 2.45) is 0 Å². The molecular formula is C21H20N2O. The predicted molar refractivity (Wildman–Crippen MR) is 97.2 cm³/mol. The van der Waals surface area contributed by atoms with Gasteiger partial charge in [-0.15, -0.1) is 0 Å². The highest BCUT2D eigenvalue weighted by molar-refractivity contribution is 5.82. The largest absolute Gasteiger partial charge is 0.311 e. The highest BCUT2D eigenvalue weighted by Crippen LogP contribution is 2.24. The molecule has 24 heavy (non-hydrogen) atoms. The number of fused-ring (bicyclic) bond motifs is 1. The predicted octanol–water partition coefficient (Wildman–Crippen LogP) is 4.22. The van der Waals surface area contributed by atoms with Gasteiger partial charge in [0.15, 0.2) is 0 Å². The Morgan fingerprint density at radius 3 is 2.58 bits per heavy atom. The summed E-state index contributed by atoms with van der Waals surface area (Å²) in [7, 11) is 0. The number of pyridine rings is 1. The van der Waals surface area contributed by atoms with Gasteiger partial charge in [-0.25, -0.2) is 0 Å². The van der Waals surface area contributed by atoms with Crippen LogP contribution in [0.3, 0.4) is 0 Å². The highest BCUT2D eigenvalue weighted by Gasteiger charge is 2.15. The Morgan fingerprint density at radius 1 is 1.08 bits per heavy atom. The fourth-order valence-corrected chi connectivity index (χ4v) is 2.81. The van der Waals surface area contributed by atoms with E-state index in [1.54, 1.807) is 10.6 Å². The van der Waals surface area contributed by atoms with Crippen LogP contribution in [-0.4, -0.2) is 4.57 Å². The highest BCUT2D eigenvalue weighted by atomic mass is 16.1. The van der Waals surface area contributed by atoms with Crippen molar-refractivity contribution in [3.05, 3.63) is 81.8 Å². The molecule has 0 aliphatic carbocycles. The van der Waals surface area contributed by atoms with Crippen LogP contribution in [0, 0.1) is 11.3 Å². The van der Waals surface area contributed by atoms with Gasteiger partial charge in [0.25, 0.3) is 5.56 Å². The van der Waals surface area contributed by atoms with Crippen molar-refractivity contribution >= 4 is 10.8 Å². The molecule has 0 spiro atoms. The third-order valence-corrected chi connectivity index (χ3v) is 4.25. The Kier molecular flexibility index (Phi) is 3.99. The number of hydrogen-bond donors (Lipinski definition) is 0. The Morgan fingerprint density at radius 2 is 1.88 bits per heavy atom. The quantitative estimate of drug-likeness (QED) is 0.710. The van der Waals surface area contributed by atoms with Crippen molar-refractivity contribution in [2.45, 2.75) is 32.7 Å². The molecule has 2 aromatic carbocycles. The van der Waals surface area contributed by atoms with Crippen molar-refractivity contribution in [1.82, 2.24) is 4.57 Å². The Bertz CT molecular complexity index is 1000. The van der Waals surface area contributed by atoms with Gasteiger partial charge in [0.1, 0.15) is 0 Å². The number of nitrogens with zero attached hydrogens (tertiary/aromatic N) is 2. The maximum atomic E-state index is 12.9. The van der Waals surface area contributed by atoms with Crippen LogP contribution < -0.4 is 5.56 Å². The average molecular weight is 316 g/mol. The standard InChI is InChI=1S/C21H20N2O/c1-21(2,3)18-8-7-17-9-10-23(20(24)19(17)12-18)14-16-6-4-5-15(11-16)13-22/h4-12H,14H2,1-3H3. The van der Waals surface area contributed by atoms with Crippen LogP contribution in [0.1, 0.15) is 37.5 Å². The van der Waals surface area contributed by atoms with Gasteiger partial charge in [0, 0.05) is 11.6 Å². The molecule has 3 rings (SSSR count). The summed E-state index contributed by atoms with van der Waals surface area (Å²) in [6, 6.07) is 17.6. The molecule has 120 valence electrons. The molecule has 1 aromatic heterocycles. The molecular weight excluding hydrogens is 296 g/mol. The lowest BCUT2D eigenvalue weighted by atomic mass is 9.86. The summed E-state index contributed by atoms with van der Waals surface area (Å²) >= 11 is 0. The maximum Gasteiger partial charge on any atom is 0.258 e. The average Bonchev–Trinajstić information content (AvgIpc) is 2.56. The molecule has 0 atom stereocenters. The molecule has 3 aromatic rings. The van der Waals surface area contributed by atoms with E-state index in [0.717, 1.165) is 21.9 Å². The first-order valence-electron chi connectivity index (χ1n) is 8.01. The second-order valence-corrected chi connectivity index (χ2v) is 7.11. The van der Waals surface area contributed by atoms with Gasteiger partial charge in [-0.3, -0.25) is 4.79 Å². The van der Waals surface area contributed by atoms with E-state index in [1.807, 2.05) is 42.6 Å². The molecule has 3 nitrogen and oxygen atoms in total. The molecule has 0 amide bonds. The third kappa shape index (κ3) is 3.09. The van der Waals surface area contributed by atoms with E-state index >= 15 is 0 Å². The van der Waals surface area contributed by atoms with Gasteiger partial charge in [-0.05, 0) is 46.2 Å². The lowest BCUT2D eigenvalue weighted by Crippen LogP contribution is -2.21. The molecule has 3 heteroatoms. The summed E-state index contributed by atoms with van der Waals surface area (Å²) in [5.74, 6) is 0. The Hall–Kier alpha value is -2.86. The normalized spacial score (nSPS) is 11.4. The number of rotatable bonds is 2. The van der Waals surface area contributed by atoms with Gasteiger partial charge in [0.05, 0.1) is 18.2 Å². The summed E-state index contributed by atoms with van der Waals surface area (Å²) in [5.41, 5.74) is 2.71. The van der Waals surface area contributed by atoms with E-state index in [-0.39, 0.29) is 11.0 Å². The van der Waals surface area contributed by atoms with Crippen molar-refractivity contribution in [2.75, 3.05) is 0 Å². The monoisotopic (exact) mass is 316 g/mol. The summed E-state index contributed by atoms with van der Waals surface area (Å²) < 4.78 is 1.70. The molecule has 0 bridgehead atoms. The molecule has 0 aliphatic heterocycles. The number of nitriles is 1. The van der Waals surface area contributed by atoms with Crippen LogP contribution in [0.2, 0.25) is 0 Å². The Balaban J connectivity index is 2.07. The van der Waals surface area contributed by atoms with Gasteiger partial charge in [0.2, 0.25) is 0 Å². The molecule has 0 radical (unpaired) electrons. The van der Waals surface area contributed by atoms with Crippen LogP contribution in [0.25, 0.3) is 10.8 Å². The van der Waals surface area contributed by atoms with Crippen LogP contribution in [0.5, 0.6) is 0 Å². The number of hydrogen-bond acceptors (Lipinski definition) is 2. The summed E-state index contributed by atoms with van der Waals surface area (Å²) in [6.45, 7) is 6.89. The second kappa shape index (κ2) is 5.98. The minimum atomic E-state index is 0.000890. The first kappa shape index (κ1) is 16.0. The first-order valence-corrected chi connectivity index (χ1v) is 8.01. The zero-order chi connectivity index (χ0) is 17.3. The number of aromatic nitrogens is 1. The molecule has 0 fully saturated rings. The van der Waals surface area contributed by atoms with E-state index in [1.165, 1.54) is 0 Å². The number of benzene rings is 2. The summed E-state index contributed by atoms with van der Waals surface area (Å²) in [4.78, 5) is 12.9.